The molecular weight excluding hydrogens is 350 g/mol. The number of nitrogens with one attached hydrogen (secondary N) is 1. The quantitative estimate of drug-likeness (QED) is 0.452. The molecule has 2 aromatic heterocycles. The van der Waals surface area contributed by atoms with Crippen LogP contribution in [-0.4, -0.2) is 34.2 Å². The van der Waals surface area contributed by atoms with Gasteiger partial charge in [-0.25, -0.2) is 14.8 Å². The van der Waals surface area contributed by atoms with Crippen molar-refractivity contribution in [2.45, 2.75) is 12.1 Å². The van der Waals surface area contributed by atoms with Crippen LogP contribution in [0.4, 0.5) is 10.8 Å². The Kier molecular flexibility index (Phi) is 6.11. The van der Waals surface area contributed by atoms with Gasteiger partial charge in [0.15, 0.2) is 5.16 Å². The summed E-state index contributed by atoms with van der Waals surface area (Å²) in [5, 5.41) is 13.8. The molecule has 0 unspecified atom stereocenters. The van der Waals surface area contributed by atoms with E-state index in [2.05, 4.69) is 15.3 Å². The molecule has 0 radical (unpaired) electrons. The van der Waals surface area contributed by atoms with Crippen molar-refractivity contribution in [3.05, 3.63) is 28.8 Å². The van der Waals surface area contributed by atoms with Crippen LogP contribution < -0.4 is 11.1 Å². The summed E-state index contributed by atoms with van der Waals surface area (Å²) in [4.78, 5) is 31.6. The van der Waals surface area contributed by atoms with Gasteiger partial charge in [0.05, 0.1) is 24.1 Å². The lowest BCUT2D eigenvalue weighted by Crippen LogP contribution is -2.16. The lowest BCUT2D eigenvalue weighted by Gasteiger charge is -2.06. The second kappa shape index (κ2) is 8.28. The third-order valence-electron chi connectivity index (χ3n) is 2.66. The minimum Gasteiger partial charge on any atom is -0.462 e. The lowest BCUT2D eigenvalue weighted by atomic mass is 10.3. The van der Waals surface area contributed by atoms with Gasteiger partial charge in [-0.3, -0.25) is 4.79 Å². The highest BCUT2D eigenvalue weighted by Gasteiger charge is 2.16. The zero-order valence-electron chi connectivity index (χ0n) is 12.6. The number of ether oxygens (including phenoxy) is 1. The van der Waals surface area contributed by atoms with Gasteiger partial charge in [0.2, 0.25) is 5.91 Å². The molecule has 0 spiro atoms. The van der Waals surface area contributed by atoms with E-state index in [4.69, 9.17) is 15.7 Å². The van der Waals surface area contributed by atoms with E-state index in [1.165, 1.54) is 17.5 Å². The first-order chi connectivity index (χ1) is 11.5. The molecule has 2 rings (SSSR count). The van der Waals surface area contributed by atoms with E-state index in [-0.39, 0.29) is 29.6 Å². The maximum absolute atomic E-state index is 12.0. The lowest BCUT2D eigenvalue weighted by molar-refractivity contribution is -0.113. The number of carbonyl (C=O) groups is 2. The van der Waals surface area contributed by atoms with Gasteiger partial charge >= 0.3 is 5.97 Å². The fourth-order valence-corrected chi connectivity index (χ4v) is 3.02. The fraction of sp³-hybridized carbons (Fsp3) is 0.214. The Labute approximate surface area is 146 Å². The number of esters is 1. The maximum atomic E-state index is 12.0. The van der Waals surface area contributed by atoms with Gasteiger partial charge in [-0.2, -0.15) is 5.26 Å². The summed E-state index contributed by atoms with van der Waals surface area (Å²) >= 11 is 2.30. The van der Waals surface area contributed by atoms with Crippen molar-refractivity contribution in [2.24, 2.45) is 0 Å². The van der Waals surface area contributed by atoms with Gasteiger partial charge in [0.1, 0.15) is 22.5 Å². The molecule has 0 aromatic carbocycles. The fourth-order valence-electron chi connectivity index (χ4n) is 1.60. The molecule has 0 saturated heterocycles. The van der Waals surface area contributed by atoms with Crippen LogP contribution in [0.5, 0.6) is 0 Å². The predicted molar refractivity (Wildman–Crippen MR) is 90.8 cm³/mol. The molecule has 2 heterocycles. The molecule has 0 fully saturated rings. The zero-order chi connectivity index (χ0) is 17.5. The average Bonchev–Trinajstić information content (AvgIpc) is 3.01. The van der Waals surface area contributed by atoms with E-state index >= 15 is 0 Å². The van der Waals surface area contributed by atoms with Crippen molar-refractivity contribution in [1.29, 1.82) is 5.26 Å². The monoisotopic (exact) mass is 363 g/mol. The molecule has 124 valence electrons. The van der Waals surface area contributed by atoms with Crippen LogP contribution in [0, 0.1) is 11.3 Å². The normalized spacial score (nSPS) is 10.0. The molecule has 0 aliphatic heterocycles. The third-order valence-corrected chi connectivity index (χ3v) is 4.35. The number of amides is 1. The number of thioether (sulfide) groups is 1. The van der Waals surface area contributed by atoms with Crippen molar-refractivity contribution in [1.82, 2.24) is 9.97 Å². The molecule has 8 nitrogen and oxygen atoms in total. The van der Waals surface area contributed by atoms with Crippen molar-refractivity contribution in [2.75, 3.05) is 23.4 Å². The Morgan fingerprint density at radius 3 is 3.00 bits per heavy atom. The zero-order valence-corrected chi connectivity index (χ0v) is 14.2. The highest BCUT2D eigenvalue weighted by molar-refractivity contribution is 7.99. The van der Waals surface area contributed by atoms with E-state index in [9.17, 15) is 9.59 Å². The van der Waals surface area contributed by atoms with Crippen LogP contribution in [0.15, 0.2) is 22.8 Å². The number of thiophene rings is 1. The van der Waals surface area contributed by atoms with Crippen LogP contribution >= 0.6 is 23.1 Å². The number of nitriles is 1. The summed E-state index contributed by atoms with van der Waals surface area (Å²) < 4.78 is 4.92. The van der Waals surface area contributed by atoms with Crippen molar-refractivity contribution < 1.29 is 14.3 Å². The first-order valence-electron chi connectivity index (χ1n) is 6.75. The standard InChI is InChI=1S/C14H13N5O3S2/c1-2-22-13(21)9-3-4-23-12(9)18-10(20)7-24-14-17-6-8(5-15)11(16)19-14/h3-4,6H,2,7H2,1H3,(H,18,20)(H2,16,17,19). The number of nitrogen functional groups attached to an aromatic ring is 1. The number of hydrogen-bond donors (Lipinski definition) is 2. The Balaban J connectivity index is 1.95. The molecule has 0 atom stereocenters. The van der Waals surface area contributed by atoms with E-state index in [0.29, 0.717) is 15.7 Å². The maximum Gasteiger partial charge on any atom is 0.341 e. The largest absolute Gasteiger partial charge is 0.462 e. The molecule has 0 aliphatic rings. The third kappa shape index (κ3) is 4.43. The van der Waals surface area contributed by atoms with Gasteiger partial charge in [0.25, 0.3) is 0 Å². The van der Waals surface area contributed by atoms with Crippen molar-refractivity contribution >= 4 is 45.8 Å². The van der Waals surface area contributed by atoms with Gasteiger partial charge in [0, 0.05) is 0 Å². The highest BCUT2D eigenvalue weighted by atomic mass is 32.2. The van der Waals surface area contributed by atoms with E-state index in [0.717, 1.165) is 11.8 Å². The number of hydrogen-bond acceptors (Lipinski definition) is 9. The predicted octanol–water partition coefficient (Wildman–Crippen LogP) is 1.90. The number of aromatic nitrogens is 2. The van der Waals surface area contributed by atoms with Crippen LogP contribution in [0.3, 0.4) is 0 Å². The first kappa shape index (κ1) is 17.7. The van der Waals surface area contributed by atoms with Crippen molar-refractivity contribution in [3.63, 3.8) is 0 Å². The SMILES string of the molecule is CCOC(=O)c1ccsc1NC(=O)CSc1ncc(C#N)c(N)n1. The minimum absolute atomic E-state index is 0.0332. The van der Waals surface area contributed by atoms with E-state index < -0.39 is 5.97 Å². The Hall–Kier alpha value is -2.64. The topological polar surface area (TPSA) is 131 Å². The summed E-state index contributed by atoms with van der Waals surface area (Å²) in [5.74, 6) is -0.700. The van der Waals surface area contributed by atoms with E-state index in [1.54, 1.807) is 18.4 Å². The number of carbonyl (C=O) groups excluding carboxylic acids is 2. The highest BCUT2D eigenvalue weighted by Crippen LogP contribution is 2.24. The van der Waals surface area contributed by atoms with Gasteiger partial charge in [-0.1, -0.05) is 11.8 Å². The second-order valence-electron chi connectivity index (χ2n) is 4.28. The molecule has 10 heteroatoms. The van der Waals surface area contributed by atoms with Crippen LogP contribution in [0.25, 0.3) is 0 Å². The number of anilines is 2. The summed E-state index contributed by atoms with van der Waals surface area (Å²) in [6.07, 6.45) is 1.31. The Morgan fingerprint density at radius 2 is 2.33 bits per heavy atom. The minimum atomic E-state index is -0.482. The number of nitrogens with two attached hydrogens (primary N) is 1. The summed E-state index contributed by atoms with van der Waals surface area (Å²) in [5.41, 5.74) is 6.09. The van der Waals surface area contributed by atoms with E-state index in [1.807, 2.05) is 6.07 Å². The molecule has 0 aliphatic carbocycles. The summed E-state index contributed by atoms with van der Waals surface area (Å²) in [6.45, 7) is 1.97. The summed E-state index contributed by atoms with van der Waals surface area (Å²) in [7, 11) is 0. The molecule has 24 heavy (non-hydrogen) atoms. The molecule has 0 bridgehead atoms. The van der Waals surface area contributed by atoms with Crippen LogP contribution in [-0.2, 0) is 9.53 Å². The summed E-state index contributed by atoms with van der Waals surface area (Å²) in [6, 6.07) is 3.46. The van der Waals surface area contributed by atoms with Gasteiger partial charge in [-0.05, 0) is 18.4 Å². The molecular formula is C14H13N5O3S2. The number of nitrogens with zero attached hydrogens (tertiary/aromatic N) is 3. The Morgan fingerprint density at radius 1 is 1.54 bits per heavy atom. The number of rotatable bonds is 6. The molecule has 3 N–H and O–H groups in total. The smallest absolute Gasteiger partial charge is 0.341 e. The van der Waals surface area contributed by atoms with Crippen LogP contribution in [0.2, 0.25) is 0 Å². The molecule has 1 amide bonds. The van der Waals surface area contributed by atoms with Gasteiger partial charge in [-0.15, -0.1) is 11.3 Å². The molecule has 0 saturated carbocycles. The first-order valence-corrected chi connectivity index (χ1v) is 8.61. The Bertz CT molecular complexity index is 800. The second-order valence-corrected chi connectivity index (χ2v) is 6.14. The molecule has 2 aromatic rings. The van der Waals surface area contributed by atoms with Gasteiger partial charge < -0.3 is 15.8 Å². The average molecular weight is 363 g/mol. The van der Waals surface area contributed by atoms with Crippen molar-refractivity contribution in [3.8, 4) is 6.07 Å². The van der Waals surface area contributed by atoms with Crippen LogP contribution in [0.1, 0.15) is 22.8 Å².